The molecule has 0 unspecified atom stereocenters. The van der Waals surface area contributed by atoms with Gasteiger partial charge in [0.2, 0.25) is 0 Å². The molecule has 1 heterocycles. The van der Waals surface area contributed by atoms with Crippen molar-refractivity contribution in [2.24, 2.45) is 5.73 Å². The van der Waals surface area contributed by atoms with Crippen molar-refractivity contribution in [3.8, 4) is 6.07 Å². The molecule has 0 spiro atoms. The molecule has 0 aliphatic carbocycles. The third-order valence-corrected chi connectivity index (χ3v) is 1.18. The molecule has 4 nitrogen and oxygen atoms in total. The van der Waals surface area contributed by atoms with Gasteiger partial charge in [-0.25, -0.2) is 0 Å². The normalized spacial score (nSPS) is 7.92. The lowest BCUT2D eigenvalue weighted by molar-refractivity contribution is 1.23. The second-order valence-electron chi connectivity index (χ2n) is 1.93. The highest BCUT2D eigenvalue weighted by molar-refractivity contribution is 5.95. The van der Waals surface area contributed by atoms with Gasteiger partial charge in [0.25, 0.3) is 0 Å². The number of hydrogen-bond donors (Lipinski definition) is 2. The van der Waals surface area contributed by atoms with Crippen molar-refractivity contribution in [3.63, 3.8) is 0 Å². The molecule has 3 N–H and O–H groups in total. The third-order valence-electron chi connectivity index (χ3n) is 1.18. The average Bonchev–Trinajstić information content (AvgIpc) is 2.04. The predicted molar refractivity (Wildman–Crippen MR) is 47.2 cm³/mol. The molecule has 0 atom stereocenters. The van der Waals surface area contributed by atoms with E-state index in [1.807, 2.05) is 6.07 Å². The van der Waals surface area contributed by atoms with E-state index in [1.165, 1.54) is 6.20 Å². The van der Waals surface area contributed by atoms with Gasteiger partial charge in [-0.2, -0.15) is 5.26 Å². The fraction of sp³-hybridized carbons (Fsp3) is 0. The smallest absolute Gasteiger partial charge is 0.143 e. The second-order valence-corrected chi connectivity index (χ2v) is 1.93. The van der Waals surface area contributed by atoms with Crippen molar-refractivity contribution in [1.82, 2.24) is 4.98 Å². The summed E-state index contributed by atoms with van der Waals surface area (Å²) in [6.07, 6.45) is 1.50. The van der Waals surface area contributed by atoms with Crippen LogP contribution in [0.4, 0.5) is 0 Å². The highest BCUT2D eigenvalue weighted by atomic mass is 35.5. The van der Waals surface area contributed by atoms with Crippen LogP contribution in [0.15, 0.2) is 18.3 Å². The van der Waals surface area contributed by atoms with Crippen LogP contribution in [-0.4, -0.2) is 10.8 Å². The molecule has 0 bridgehead atoms. The number of nitrogen functional groups attached to an aromatic ring is 1. The minimum Gasteiger partial charge on any atom is -0.382 e. The first-order valence-corrected chi connectivity index (χ1v) is 2.95. The van der Waals surface area contributed by atoms with E-state index >= 15 is 0 Å². The number of nitrogens with one attached hydrogen (secondary N) is 1. The van der Waals surface area contributed by atoms with Gasteiger partial charge in [0.05, 0.1) is 5.56 Å². The molecule has 5 heteroatoms. The zero-order valence-electron chi connectivity index (χ0n) is 6.11. The first-order valence-electron chi connectivity index (χ1n) is 2.95. The highest BCUT2D eigenvalue weighted by Crippen LogP contribution is 2.00. The predicted octanol–water partition coefficient (Wildman–Crippen LogP) is 0.659. The lowest BCUT2D eigenvalue weighted by Crippen LogP contribution is -2.14. The van der Waals surface area contributed by atoms with Crippen molar-refractivity contribution >= 4 is 18.2 Å². The molecule has 0 aliphatic rings. The van der Waals surface area contributed by atoms with Crippen LogP contribution >= 0.6 is 12.4 Å². The van der Waals surface area contributed by atoms with Gasteiger partial charge in [0, 0.05) is 6.20 Å². The molecular weight excluding hydrogens is 176 g/mol. The summed E-state index contributed by atoms with van der Waals surface area (Å²) in [5.41, 5.74) is 5.74. The van der Waals surface area contributed by atoms with Crippen molar-refractivity contribution in [1.29, 1.82) is 10.7 Å². The summed E-state index contributed by atoms with van der Waals surface area (Å²) in [6.45, 7) is 0. The van der Waals surface area contributed by atoms with E-state index < -0.39 is 0 Å². The standard InChI is InChI=1S/C7H6N4.ClH/c8-4-5-2-1-3-11-6(5)7(9)10;/h1-3H,(H3,9,10);1H. The third kappa shape index (κ3) is 1.94. The monoisotopic (exact) mass is 182 g/mol. The second kappa shape index (κ2) is 4.31. The quantitative estimate of drug-likeness (QED) is 0.494. The summed E-state index contributed by atoms with van der Waals surface area (Å²) in [4.78, 5) is 3.78. The van der Waals surface area contributed by atoms with Crippen LogP contribution in [-0.2, 0) is 0 Å². The van der Waals surface area contributed by atoms with Gasteiger partial charge in [-0.05, 0) is 12.1 Å². The summed E-state index contributed by atoms with van der Waals surface area (Å²) in [6, 6.07) is 5.10. The number of nitrogens with zero attached hydrogens (tertiary/aromatic N) is 2. The van der Waals surface area contributed by atoms with E-state index in [9.17, 15) is 0 Å². The van der Waals surface area contributed by atoms with Gasteiger partial charge in [-0.1, -0.05) is 0 Å². The minimum atomic E-state index is -0.179. The summed E-state index contributed by atoms with van der Waals surface area (Å²) in [5.74, 6) is -0.179. The van der Waals surface area contributed by atoms with E-state index in [4.69, 9.17) is 16.4 Å². The Labute approximate surface area is 76.0 Å². The maximum Gasteiger partial charge on any atom is 0.143 e. The van der Waals surface area contributed by atoms with E-state index in [2.05, 4.69) is 4.98 Å². The minimum absolute atomic E-state index is 0. The van der Waals surface area contributed by atoms with Crippen molar-refractivity contribution in [2.45, 2.75) is 0 Å². The fourth-order valence-corrected chi connectivity index (χ4v) is 0.710. The Morgan fingerprint density at radius 3 is 2.75 bits per heavy atom. The van der Waals surface area contributed by atoms with Crippen LogP contribution in [0.2, 0.25) is 0 Å². The van der Waals surface area contributed by atoms with E-state index in [1.54, 1.807) is 12.1 Å². The van der Waals surface area contributed by atoms with E-state index in [0.29, 0.717) is 5.56 Å². The molecule has 0 fully saturated rings. The molecule has 12 heavy (non-hydrogen) atoms. The first-order chi connectivity index (χ1) is 5.25. The van der Waals surface area contributed by atoms with Gasteiger partial charge in [-0.3, -0.25) is 10.4 Å². The summed E-state index contributed by atoms with van der Waals surface area (Å²) < 4.78 is 0. The number of hydrogen-bond acceptors (Lipinski definition) is 3. The van der Waals surface area contributed by atoms with Gasteiger partial charge in [-0.15, -0.1) is 12.4 Å². The van der Waals surface area contributed by atoms with Crippen LogP contribution in [0.5, 0.6) is 0 Å². The molecule has 0 saturated heterocycles. The number of pyridine rings is 1. The van der Waals surface area contributed by atoms with Gasteiger partial charge in [0.1, 0.15) is 17.6 Å². The Kier molecular flexibility index (Phi) is 3.74. The van der Waals surface area contributed by atoms with E-state index in [-0.39, 0.29) is 23.9 Å². The topological polar surface area (TPSA) is 86.5 Å². The molecule has 1 aromatic heterocycles. The maximum atomic E-state index is 8.53. The SMILES string of the molecule is Cl.N#Cc1cccnc1C(=N)N. The molecule has 0 aromatic carbocycles. The lowest BCUT2D eigenvalue weighted by Gasteiger charge is -1.96. The number of nitrogens with two attached hydrogens (primary N) is 1. The maximum absolute atomic E-state index is 8.53. The largest absolute Gasteiger partial charge is 0.382 e. The number of halogens is 1. The van der Waals surface area contributed by atoms with Crippen molar-refractivity contribution < 1.29 is 0 Å². The number of rotatable bonds is 1. The molecule has 0 aliphatic heterocycles. The Morgan fingerprint density at radius 2 is 2.33 bits per heavy atom. The van der Waals surface area contributed by atoms with Crippen molar-refractivity contribution in [3.05, 3.63) is 29.6 Å². The summed E-state index contributed by atoms with van der Waals surface area (Å²) >= 11 is 0. The number of amidine groups is 1. The van der Waals surface area contributed by atoms with Crippen LogP contribution in [0.1, 0.15) is 11.3 Å². The Hall–Kier alpha value is -1.60. The molecule has 62 valence electrons. The van der Waals surface area contributed by atoms with Crippen LogP contribution < -0.4 is 5.73 Å². The van der Waals surface area contributed by atoms with Crippen LogP contribution in [0.3, 0.4) is 0 Å². The summed E-state index contributed by atoms with van der Waals surface area (Å²) in [7, 11) is 0. The Bertz CT molecular complexity index is 328. The molecule has 1 aromatic rings. The van der Waals surface area contributed by atoms with Gasteiger partial charge < -0.3 is 5.73 Å². The van der Waals surface area contributed by atoms with E-state index in [0.717, 1.165) is 0 Å². The average molecular weight is 183 g/mol. The summed E-state index contributed by atoms with van der Waals surface area (Å²) in [5, 5.41) is 15.6. The molecule has 0 radical (unpaired) electrons. The van der Waals surface area contributed by atoms with Crippen molar-refractivity contribution in [2.75, 3.05) is 0 Å². The first kappa shape index (κ1) is 10.4. The number of nitriles is 1. The zero-order valence-corrected chi connectivity index (χ0v) is 6.93. The van der Waals surface area contributed by atoms with Gasteiger partial charge in [0.15, 0.2) is 0 Å². The molecule has 1 rings (SSSR count). The molecule has 0 amide bonds. The Balaban J connectivity index is 0.00000121. The van der Waals surface area contributed by atoms with Crippen LogP contribution in [0, 0.1) is 16.7 Å². The molecule has 0 saturated carbocycles. The Morgan fingerprint density at radius 1 is 1.67 bits per heavy atom. The zero-order chi connectivity index (χ0) is 8.27. The van der Waals surface area contributed by atoms with Crippen LogP contribution in [0.25, 0.3) is 0 Å². The highest BCUT2D eigenvalue weighted by Gasteiger charge is 2.03. The molecular formula is C7H7ClN4. The number of aromatic nitrogens is 1. The fourth-order valence-electron chi connectivity index (χ4n) is 0.710. The van der Waals surface area contributed by atoms with Gasteiger partial charge >= 0.3 is 0 Å². The lowest BCUT2D eigenvalue weighted by atomic mass is 10.2.